The fourth-order valence-electron chi connectivity index (χ4n) is 1.56. The predicted molar refractivity (Wildman–Crippen MR) is 55.2 cm³/mol. The summed E-state index contributed by atoms with van der Waals surface area (Å²) >= 11 is 0. The predicted octanol–water partition coefficient (Wildman–Crippen LogP) is -0.583. The van der Waals surface area contributed by atoms with Crippen LogP contribution in [0.2, 0.25) is 0 Å². The number of carbonyl (C=O) groups is 3. The van der Waals surface area contributed by atoms with Crippen LogP contribution < -0.4 is 5.73 Å². The highest BCUT2D eigenvalue weighted by molar-refractivity contribution is 5.84. The van der Waals surface area contributed by atoms with E-state index in [2.05, 4.69) is 4.74 Å². The number of rotatable bonds is 4. The molecule has 0 atom stereocenters. The summed E-state index contributed by atoms with van der Waals surface area (Å²) in [7, 11) is 0. The second kappa shape index (κ2) is 6.09. The minimum Gasteiger partial charge on any atom is -0.454 e. The van der Waals surface area contributed by atoms with Crippen LogP contribution in [0.4, 0.5) is 0 Å². The maximum Gasteiger partial charge on any atom is 0.326 e. The lowest BCUT2D eigenvalue weighted by Gasteiger charge is -2.18. The third kappa shape index (κ3) is 4.29. The van der Waals surface area contributed by atoms with Crippen LogP contribution in [0.1, 0.15) is 25.7 Å². The van der Waals surface area contributed by atoms with Gasteiger partial charge in [0.2, 0.25) is 5.91 Å². The van der Waals surface area contributed by atoms with Gasteiger partial charge >= 0.3 is 5.97 Å². The molecule has 0 aromatic carbocycles. The molecule has 1 fully saturated rings. The van der Waals surface area contributed by atoms with Crippen molar-refractivity contribution in [3.63, 3.8) is 0 Å². The van der Waals surface area contributed by atoms with E-state index >= 15 is 0 Å². The Kier molecular flexibility index (Phi) is 4.75. The first-order chi connectivity index (χ1) is 7.59. The van der Waals surface area contributed by atoms with Crippen molar-refractivity contribution in [3.05, 3.63) is 0 Å². The molecule has 2 N–H and O–H groups in total. The topological polar surface area (TPSA) is 89.7 Å². The molecule has 0 aromatic rings. The third-order valence-corrected chi connectivity index (χ3v) is 2.37. The highest BCUT2D eigenvalue weighted by Crippen LogP contribution is 2.10. The van der Waals surface area contributed by atoms with Gasteiger partial charge < -0.3 is 15.4 Å². The second-order valence-corrected chi connectivity index (χ2v) is 3.75. The SMILES string of the molecule is NC(=O)COC(=O)CN1CCCCCC1=O. The number of esters is 1. The molecule has 0 aromatic heterocycles. The zero-order valence-corrected chi connectivity index (χ0v) is 9.11. The number of hydrogen-bond donors (Lipinski definition) is 1. The fourth-order valence-corrected chi connectivity index (χ4v) is 1.56. The standard InChI is InChI=1S/C10H16N2O4/c11-8(13)7-16-10(15)6-12-5-3-1-2-4-9(12)14/h1-7H2,(H2,11,13). The van der Waals surface area contributed by atoms with E-state index in [1.165, 1.54) is 4.90 Å². The van der Waals surface area contributed by atoms with Crippen LogP contribution in [-0.4, -0.2) is 42.4 Å². The molecule has 1 heterocycles. The van der Waals surface area contributed by atoms with Gasteiger partial charge in [-0.15, -0.1) is 0 Å². The van der Waals surface area contributed by atoms with Crippen LogP contribution in [0.15, 0.2) is 0 Å². The number of likely N-dealkylation sites (tertiary alicyclic amines) is 1. The van der Waals surface area contributed by atoms with Crippen LogP contribution in [0.25, 0.3) is 0 Å². The molecule has 0 saturated carbocycles. The normalized spacial score (nSPS) is 16.8. The molecule has 1 saturated heterocycles. The minimum absolute atomic E-state index is 0.0338. The molecule has 0 radical (unpaired) electrons. The molecule has 6 nitrogen and oxygen atoms in total. The Labute approximate surface area is 93.7 Å². The Morgan fingerprint density at radius 1 is 1.31 bits per heavy atom. The number of hydrogen-bond acceptors (Lipinski definition) is 4. The third-order valence-electron chi connectivity index (χ3n) is 2.37. The van der Waals surface area contributed by atoms with Crippen LogP contribution >= 0.6 is 0 Å². The average molecular weight is 228 g/mol. The van der Waals surface area contributed by atoms with Crippen molar-refractivity contribution >= 4 is 17.8 Å². The molecule has 16 heavy (non-hydrogen) atoms. The Hall–Kier alpha value is -1.59. The van der Waals surface area contributed by atoms with Gasteiger partial charge in [-0.3, -0.25) is 14.4 Å². The summed E-state index contributed by atoms with van der Waals surface area (Å²) in [6, 6.07) is 0. The van der Waals surface area contributed by atoms with E-state index in [4.69, 9.17) is 5.73 Å². The highest BCUT2D eigenvalue weighted by Gasteiger charge is 2.19. The zero-order valence-electron chi connectivity index (χ0n) is 9.11. The first-order valence-corrected chi connectivity index (χ1v) is 5.31. The van der Waals surface area contributed by atoms with Crippen LogP contribution in [-0.2, 0) is 19.1 Å². The summed E-state index contributed by atoms with van der Waals surface area (Å²) in [5.74, 6) is -1.32. The van der Waals surface area contributed by atoms with E-state index in [9.17, 15) is 14.4 Å². The van der Waals surface area contributed by atoms with Crippen molar-refractivity contribution in [1.29, 1.82) is 0 Å². The van der Waals surface area contributed by atoms with E-state index in [1.54, 1.807) is 0 Å². The first-order valence-electron chi connectivity index (χ1n) is 5.31. The van der Waals surface area contributed by atoms with Crippen molar-refractivity contribution in [1.82, 2.24) is 4.90 Å². The second-order valence-electron chi connectivity index (χ2n) is 3.75. The van der Waals surface area contributed by atoms with Gasteiger partial charge in [-0.25, -0.2) is 0 Å². The summed E-state index contributed by atoms with van der Waals surface area (Å²) in [4.78, 5) is 34.6. The highest BCUT2D eigenvalue weighted by atomic mass is 16.5. The number of amides is 2. The maximum atomic E-state index is 11.5. The summed E-state index contributed by atoms with van der Waals surface area (Å²) in [6.45, 7) is 0.0531. The van der Waals surface area contributed by atoms with E-state index in [0.717, 1.165) is 19.3 Å². The van der Waals surface area contributed by atoms with Crippen LogP contribution in [0, 0.1) is 0 Å². The first kappa shape index (κ1) is 12.5. The van der Waals surface area contributed by atoms with Crippen molar-refractivity contribution < 1.29 is 19.1 Å². The summed E-state index contributed by atoms with van der Waals surface area (Å²) in [5, 5.41) is 0. The van der Waals surface area contributed by atoms with Gasteiger partial charge in [0.1, 0.15) is 6.54 Å². The Morgan fingerprint density at radius 3 is 2.75 bits per heavy atom. The van der Waals surface area contributed by atoms with E-state index in [0.29, 0.717) is 13.0 Å². The quantitative estimate of drug-likeness (QED) is 0.652. The number of primary amides is 1. The molecule has 0 spiro atoms. The Bertz CT molecular complexity index is 291. The van der Waals surface area contributed by atoms with E-state index < -0.39 is 18.5 Å². The lowest BCUT2D eigenvalue weighted by molar-refractivity contribution is -0.151. The molecule has 1 rings (SSSR count). The summed E-state index contributed by atoms with van der Waals surface area (Å²) < 4.78 is 4.59. The fraction of sp³-hybridized carbons (Fsp3) is 0.700. The average Bonchev–Trinajstić information content (AvgIpc) is 2.42. The van der Waals surface area contributed by atoms with Gasteiger partial charge in [-0.2, -0.15) is 0 Å². The lowest BCUT2D eigenvalue weighted by Crippen LogP contribution is -2.36. The summed E-state index contributed by atoms with van der Waals surface area (Å²) in [6.07, 6.45) is 3.24. The van der Waals surface area contributed by atoms with Crippen molar-refractivity contribution in [2.45, 2.75) is 25.7 Å². The van der Waals surface area contributed by atoms with E-state index in [-0.39, 0.29) is 12.5 Å². The van der Waals surface area contributed by atoms with Gasteiger partial charge in [-0.1, -0.05) is 6.42 Å². The number of ether oxygens (including phenoxy) is 1. The molecule has 2 amide bonds. The van der Waals surface area contributed by atoms with Gasteiger partial charge in [-0.05, 0) is 12.8 Å². The molecule has 0 unspecified atom stereocenters. The lowest BCUT2D eigenvalue weighted by atomic mass is 10.2. The molecule has 90 valence electrons. The zero-order chi connectivity index (χ0) is 12.0. The molecular weight excluding hydrogens is 212 g/mol. The Morgan fingerprint density at radius 2 is 2.06 bits per heavy atom. The van der Waals surface area contributed by atoms with Gasteiger partial charge in [0.15, 0.2) is 6.61 Å². The van der Waals surface area contributed by atoms with Crippen LogP contribution in [0.5, 0.6) is 0 Å². The van der Waals surface area contributed by atoms with E-state index in [1.807, 2.05) is 0 Å². The summed E-state index contributed by atoms with van der Waals surface area (Å²) in [5.41, 5.74) is 4.83. The number of carbonyl (C=O) groups excluding carboxylic acids is 3. The minimum atomic E-state index is -0.699. The molecule has 1 aliphatic heterocycles. The van der Waals surface area contributed by atoms with Gasteiger partial charge in [0.25, 0.3) is 5.91 Å². The largest absolute Gasteiger partial charge is 0.454 e. The molecule has 6 heteroatoms. The number of nitrogens with zero attached hydrogens (tertiary/aromatic N) is 1. The van der Waals surface area contributed by atoms with Gasteiger partial charge in [0, 0.05) is 13.0 Å². The maximum absolute atomic E-state index is 11.5. The molecule has 1 aliphatic rings. The van der Waals surface area contributed by atoms with Gasteiger partial charge in [0.05, 0.1) is 0 Å². The molecule has 0 bridgehead atoms. The number of nitrogens with two attached hydrogens (primary N) is 1. The molecule has 0 aliphatic carbocycles. The Balaban J connectivity index is 2.36. The molecular formula is C10H16N2O4. The van der Waals surface area contributed by atoms with Crippen molar-refractivity contribution in [2.75, 3.05) is 19.7 Å². The van der Waals surface area contributed by atoms with Crippen molar-refractivity contribution in [3.8, 4) is 0 Å². The smallest absolute Gasteiger partial charge is 0.326 e. The monoisotopic (exact) mass is 228 g/mol. The van der Waals surface area contributed by atoms with Crippen LogP contribution in [0.3, 0.4) is 0 Å². The van der Waals surface area contributed by atoms with Crippen molar-refractivity contribution in [2.24, 2.45) is 5.73 Å².